The first-order valence-electron chi connectivity index (χ1n) is 8.61. The first kappa shape index (κ1) is 17.7. The van der Waals surface area contributed by atoms with Gasteiger partial charge in [0, 0.05) is 45.1 Å². The summed E-state index contributed by atoms with van der Waals surface area (Å²) in [6.45, 7) is 3.50. The van der Waals surface area contributed by atoms with Gasteiger partial charge in [-0.05, 0) is 13.5 Å². The molecule has 1 aromatic heterocycles. The summed E-state index contributed by atoms with van der Waals surface area (Å²) < 4.78 is 5.27. The molecule has 3 amide bonds. The number of aromatic amines is 1. The van der Waals surface area contributed by atoms with E-state index in [9.17, 15) is 9.59 Å². The number of H-pyrrole nitrogens is 1. The maximum atomic E-state index is 12.7. The molecule has 1 aromatic rings. The number of ether oxygens (including phenoxy) is 1. The predicted octanol–water partition coefficient (Wildman–Crippen LogP) is -0.517. The number of urea groups is 1. The fourth-order valence-electron chi connectivity index (χ4n) is 3.37. The van der Waals surface area contributed by atoms with E-state index in [4.69, 9.17) is 4.74 Å². The first-order chi connectivity index (χ1) is 12.0. The second kappa shape index (κ2) is 7.83. The number of carbonyl (C=O) groups excluding carboxylic acids is 2. The Morgan fingerprint density at radius 3 is 2.88 bits per heavy atom. The van der Waals surface area contributed by atoms with E-state index in [0.717, 1.165) is 5.82 Å². The minimum absolute atomic E-state index is 0.0219. The van der Waals surface area contributed by atoms with Crippen LogP contribution >= 0.6 is 0 Å². The summed E-state index contributed by atoms with van der Waals surface area (Å²) in [7, 11) is 3.70. The number of imidazole rings is 1. The van der Waals surface area contributed by atoms with E-state index >= 15 is 0 Å². The van der Waals surface area contributed by atoms with E-state index in [0.29, 0.717) is 45.8 Å². The molecule has 0 spiro atoms. The number of nitrogens with one attached hydrogen (secondary N) is 2. The summed E-state index contributed by atoms with van der Waals surface area (Å²) in [4.78, 5) is 37.6. The monoisotopic (exact) mass is 350 g/mol. The van der Waals surface area contributed by atoms with Crippen LogP contribution in [-0.4, -0.2) is 95.6 Å². The third-order valence-corrected chi connectivity index (χ3v) is 4.78. The van der Waals surface area contributed by atoms with E-state index in [2.05, 4.69) is 15.3 Å². The number of likely N-dealkylation sites (N-methyl/N-ethyl adjacent to an activating group) is 2. The van der Waals surface area contributed by atoms with Crippen molar-refractivity contribution in [2.45, 2.75) is 25.0 Å². The molecule has 2 atom stereocenters. The molecule has 3 heterocycles. The number of rotatable bonds is 4. The van der Waals surface area contributed by atoms with Crippen LogP contribution in [0.25, 0.3) is 0 Å². The number of carbonyl (C=O) groups is 2. The number of nitrogens with zero attached hydrogens (tertiary/aromatic N) is 4. The summed E-state index contributed by atoms with van der Waals surface area (Å²) in [5, 5.41) is 3.05. The Bertz CT molecular complexity index is 587. The topological polar surface area (TPSA) is 93.8 Å². The Balaban J connectivity index is 1.51. The number of aromatic nitrogens is 2. The fraction of sp³-hybridized carbons (Fsp3) is 0.688. The molecule has 0 radical (unpaired) electrons. The molecular formula is C16H26N6O3. The minimum Gasteiger partial charge on any atom is -0.378 e. The molecule has 2 fully saturated rings. The minimum atomic E-state index is -0.227. The van der Waals surface area contributed by atoms with Crippen LogP contribution in [0.1, 0.15) is 12.2 Å². The van der Waals surface area contributed by atoms with Crippen molar-refractivity contribution in [3.05, 3.63) is 18.2 Å². The van der Waals surface area contributed by atoms with Crippen LogP contribution in [0.5, 0.6) is 0 Å². The van der Waals surface area contributed by atoms with Gasteiger partial charge in [-0.15, -0.1) is 0 Å². The molecule has 9 nitrogen and oxygen atoms in total. The van der Waals surface area contributed by atoms with Crippen molar-refractivity contribution >= 4 is 11.9 Å². The summed E-state index contributed by atoms with van der Waals surface area (Å²) >= 11 is 0. The van der Waals surface area contributed by atoms with Crippen molar-refractivity contribution in [3.63, 3.8) is 0 Å². The van der Waals surface area contributed by atoms with Crippen LogP contribution in [0.2, 0.25) is 0 Å². The largest absolute Gasteiger partial charge is 0.378 e. The molecule has 2 aliphatic rings. The molecule has 138 valence electrons. The third-order valence-electron chi connectivity index (χ3n) is 4.78. The fourth-order valence-corrected chi connectivity index (χ4v) is 3.37. The first-order valence-corrected chi connectivity index (χ1v) is 8.61. The second-order valence-electron chi connectivity index (χ2n) is 6.67. The molecule has 0 saturated carbocycles. The zero-order valence-electron chi connectivity index (χ0n) is 14.8. The molecular weight excluding hydrogens is 324 g/mol. The zero-order chi connectivity index (χ0) is 17.8. The van der Waals surface area contributed by atoms with E-state index in [-0.39, 0.29) is 24.0 Å². The second-order valence-corrected chi connectivity index (χ2v) is 6.67. The van der Waals surface area contributed by atoms with Gasteiger partial charge in [0.25, 0.3) is 0 Å². The van der Waals surface area contributed by atoms with Crippen molar-refractivity contribution in [2.24, 2.45) is 0 Å². The van der Waals surface area contributed by atoms with Crippen molar-refractivity contribution in [3.8, 4) is 0 Å². The molecule has 0 unspecified atom stereocenters. The van der Waals surface area contributed by atoms with E-state index < -0.39 is 0 Å². The molecule has 2 N–H and O–H groups in total. The average molecular weight is 350 g/mol. The van der Waals surface area contributed by atoms with E-state index in [1.807, 2.05) is 11.9 Å². The number of likely N-dealkylation sites (tertiary alicyclic amines) is 1. The molecule has 0 aliphatic carbocycles. The highest BCUT2D eigenvalue weighted by Gasteiger charge is 2.37. The predicted molar refractivity (Wildman–Crippen MR) is 90.8 cm³/mol. The Kier molecular flexibility index (Phi) is 5.54. The van der Waals surface area contributed by atoms with E-state index in [1.54, 1.807) is 29.2 Å². The highest BCUT2D eigenvalue weighted by atomic mass is 16.5. The van der Waals surface area contributed by atoms with Crippen LogP contribution < -0.4 is 5.32 Å². The van der Waals surface area contributed by atoms with Gasteiger partial charge in [0.15, 0.2) is 0 Å². The van der Waals surface area contributed by atoms with Gasteiger partial charge >= 0.3 is 6.03 Å². The SMILES string of the molecule is CN(Cc1ncc[nH]1)C(=O)[C@@H]1C[C@H](NC(=O)N2CCOCC2)CN1C. The van der Waals surface area contributed by atoms with Crippen LogP contribution in [0.15, 0.2) is 12.4 Å². The third kappa shape index (κ3) is 4.29. The molecule has 3 rings (SSSR count). The lowest BCUT2D eigenvalue weighted by atomic mass is 10.1. The van der Waals surface area contributed by atoms with Gasteiger partial charge < -0.3 is 24.8 Å². The van der Waals surface area contributed by atoms with Gasteiger partial charge in [0.1, 0.15) is 5.82 Å². The maximum Gasteiger partial charge on any atom is 0.317 e. The Hall–Kier alpha value is -2.13. The van der Waals surface area contributed by atoms with Crippen molar-refractivity contribution < 1.29 is 14.3 Å². The maximum absolute atomic E-state index is 12.7. The van der Waals surface area contributed by atoms with Gasteiger partial charge in [-0.1, -0.05) is 0 Å². The molecule has 9 heteroatoms. The number of hydrogen-bond donors (Lipinski definition) is 2. The van der Waals surface area contributed by atoms with Crippen LogP contribution in [0.4, 0.5) is 4.79 Å². The summed E-state index contributed by atoms with van der Waals surface area (Å²) in [5.41, 5.74) is 0. The number of morpholine rings is 1. The van der Waals surface area contributed by atoms with E-state index in [1.165, 1.54) is 0 Å². The van der Waals surface area contributed by atoms with Gasteiger partial charge in [0.05, 0.1) is 25.8 Å². The van der Waals surface area contributed by atoms with Gasteiger partial charge in [-0.3, -0.25) is 9.69 Å². The highest BCUT2D eigenvalue weighted by Crippen LogP contribution is 2.18. The number of amides is 3. The lowest BCUT2D eigenvalue weighted by Crippen LogP contribution is -2.49. The Morgan fingerprint density at radius 2 is 2.20 bits per heavy atom. The lowest BCUT2D eigenvalue weighted by Gasteiger charge is -2.28. The van der Waals surface area contributed by atoms with Gasteiger partial charge in [-0.25, -0.2) is 9.78 Å². The van der Waals surface area contributed by atoms with Crippen LogP contribution in [0.3, 0.4) is 0 Å². The number of hydrogen-bond acceptors (Lipinski definition) is 5. The lowest BCUT2D eigenvalue weighted by molar-refractivity contribution is -0.134. The zero-order valence-corrected chi connectivity index (χ0v) is 14.8. The molecule has 0 bridgehead atoms. The summed E-state index contributed by atoms with van der Waals surface area (Å²) in [5.74, 6) is 0.802. The van der Waals surface area contributed by atoms with Crippen LogP contribution in [-0.2, 0) is 16.1 Å². The highest BCUT2D eigenvalue weighted by molar-refractivity contribution is 5.82. The van der Waals surface area contributed by atoms with Crippen molar-refractivity contribution in [1.29, 1.82) is 0 Å². The van der Waals surface area contributed by atoms with Crippen molar-refractivity contribution in [1.82, 2.24) is 30.0 Å². The quantitative estimate of drug-likeness (QED) is 0.762. The Labute approximate surface area is 147 Å². The molecule has 25 heavy (non-hydrogen) atoms. The van der Waals surface area contributed by atoms with Crippen molar-refractivity contribution in [2.75, 3.05) is 46.9 Å². The summed E-state index contributed by atoms with van der Waals surface area (Å²) in [6.07, 6.45) is 4.03. The molecule has 2 saturated heterocycles. The molecule has 2 aliphatic heterocycles. The Morgan fingerprint density at radius 1 is 1.44 bits per heavy atom. The average Bonchev–Trinajstić information content (AvgIpc) is 3.24. The molecule has 0 aromatic carbocycles. The van der Waals surface area contributed by atoms with Crippen LogP contribution in [0, 0.1) is 0 Å². The summed E-state index contributed by atoms with van der Waals surface area (Å²) in [6, 6.07) is -0.319. The standard InChI is InChI=1S/C16H26N6O3/c1-20-10-12(19-16(24)22-5-7-25-8-6-22)9-13(20)15(23)21(2)11-14-17-3-4-18-14/h3-4,12-13H,5-11H2,1-2H3,(H,17,18)(H,19,24)/t12-,13-/m0/s1. The normalized spacial score (nSPS) is 24.3. The van der Waals surface area contributed by atoms with Gasteiger partial charge in [0.2, 0.25) is 5.91 Å². The van der Waals surface area contributed by atoms with Gasteiger partial charge in [-0.2, -0.15) is 0 Å². The smallest absolute Gasteiger partial charge is 0.317 e.